The van der Waals surface area contributed by atoms with Gasteiger partial charge in [0, 0.05) is 54.5 Å². The summed E-state index contributed by atoms with van der Waals surface area (Å²) in [6.07, 6.45) is 16.4. The van der Waals surface area contributed by atoms with Gasteiger partial charge in [0.05, 0.1) is 16.6 Å². The molecule has 2 aliphatic rings. The van der Waals surface area contributed by atoms with E-state index in [-0.39, 0.29) is 5.69 Å². The number of rotatable bonds is 5. The molecule has 0 spiro atoms. The normalized spacial score (nSPS) is 21.0. The zero-order chi connectivity index (χ0) is 23.9. The number of hydrogen-bond acceptors (Lipinski definition) is 4. The van der Waals surface area contributed by atoms with Gasteiger partial charge >= 0.3 is 5.69 Å². The van der Waals surface area contributed by atoms with Crippen molar-refractivity contribution >= 4 is 39.5 Å². The SMILES string of the molecule is CO[C@H]1CC[C@@H](Cn2c(=O)n(C3=CCCCC3)c3ncc(-c4cnc5[nH]cc(Cl)c5c4)cc32)CC1. The van der Waals surface area contributed by atoms with Crippen LogP contribution in [-0.2, 0) is 11.3 Å². The number of aromatic amines is 1. The summed E-state index contributed by atoms with van der Waals surface area (Å²) in [4.78, 5) is 26.2. The highest BCUT2D eigenvalue weighted by atomic mass is 35.5. The minimum Gasteiger partial charge on any atom is -0.381 e. The molecule has 4 heterocycles. The fourth-order valence-electron chi connectivity index (χ4n) is 5.69. The van der Waals surface area contributed by atoms with E-state index in [0.717, 1.165) is 84.0 Å². The van der Waals surface area contributed by atoms with Crippen LogP contribution >= 0.6 is 11.6 Å². The third-order valence-electron chi connectivity index (χ3n) is 7.71. The molecule has 8 heteroatoms. The van der Waals surface area contributed by atoms with E-state index in [9.17, 15) is 4.79 Å². The molecule has 0 aliphatic heterocycles. The first-order chi connectivity index (χ1) is 17.1. The molecule has 4 aromatic rings. The van der Waals surface area contributed by atoms with Gasteiger partial charge in [0.2, 0.25) is 0 Å². The molecule has 0 unspecified atom stereocenters. The molecular weight excluding hydrogens is 462 g/mol. The monoisotopic (exact) mass is 491 g/mol. The standard InChI is InChI=1S/C27H30ClN5O2/c1-35-21-9-7-17(8-10-21)16-32-24-12-19(18-11-22-23(28)15-30-25(22)29-13-18)14-31-26(24)33(27(32)34)20-5-3-2-4-6-20/h5,11-15,17,21H,2-4,6-10,16H2,1H3,(H,29,30)/t17-,21+. The summed E-state index contributed by atoms with van der Waals surface area (Å²) in [7, 11) is 1.79. The van der Waals surface area contributed by atoms with Crippen LogP contribution in [0.15, 0.2) is 41.6 Å². The van der Waals surface area contributed by atoms with Crippen LogP contribution in [0.1, 0.15) is 51.4 Å². The molecule has 0 radical (unpaired) electrons. The Hall–Kier alpha value is -2.90. The van der Waals surface area contributed by atoms with Crippen molar-refractivity contribution in [3.8, 4) is 11.1 Å². The van der Waals surface area contributed by atoms with Crippen molar-refractivity contribution in [3.05, 3.63) is 52.3 Å². The molecule has 182 valence electrons. The second-order valence-corrected chi connectivity index (χ2v) is 10.3. The maximum Gasteiger partial charge on any atom is 0.334 e. The zero-order valence-corrected chi connectivity index (χ0v) is 20.7. The number of pyridine rings is 2. The van der Waals surface area contributed by atoms with Gasteiger partial charge in [-0.3, -0.25) is 4.57 Å². The minimum absolute atomic E-state index is 0.0221. The van der Waals surface area contributed by atoms with Crippen LogP contribution in [0.25, 0.3) is 39.0 Å². The van der Waals surface area contributed by atoms with E-state index in [2.05, 4.69) is 22.1 Å². The van der Waals surface area contributed by atoms with Crippen LogP contribution in [0, 0.1) is 5.92 Å². The van der Waals surface area contributed by atoms with Crippen molar-refractivity contribution in [3.63, 3.8) is 0 Å². The van der Waals surface area contributed by atoms with E-state index in [4.69, 9.17) is 21.3 Å². The van der Waals surface area contributed by atoms with Crippen molar-refractivity contribution < 1.29 is 4.74 Å². The smallest absolute Gasteiger partial charge is 0.334 e. The van der Waals surface area contributed by atoms with Gasteiger partial charge < -0.3 is 9.72 Å². The number of H-pyrrole nitrogens is 1. The van der Waals surface area contributed by atoms with E-state index in [1.807, 2.05) is 27.6 Å². The first-order valence-electron chi connectivity index (χ1n) is 12.6. The first kappa shape index (κ1) is 22.6. The van der Waals surface area contributed by atoms with Crippen LogP contribution in [0.2, 0.25) is 5.02 Å². The van der Waals surface area contributed by atoms with Gasteiger partial charge in [0.15, 0.2) is 5.65 Å². The molecule has 2 aliphatic carbocycles. The fraction of sp³-hybridized carbons (Fsp3) is 0.444. The van der Waals surface area contributed by atoms with Crippen LogP contribution < -0.4 is 5.69 Å². The largest absolute Gasteiger partial charge is 0.381 e. The predicted molar refractivity (Wildman–Crippen MR) is 140 cm³/mol. The maximum atomic E-state index is 13.8. The number of fused-ring (bicyclic) bond motifs is 2. The summed E-state index contributed by atoms with van der Waals surface area (Å²) in [5.41, 5.74) is 5.34. The third-order valence-corrected chi connectivity index (χ3v) is 8.02. The lowest BCUT2D eigenvalue weighted by molar-refractivity contribution is 0.0542. The van der Waals surface area contributed by atoms with Crippen LogP contribution in [-0.4, -0.2) is 37.3 Å². The summed E-state index contributed by atoms with van der Waals surface area (Å²) >= 11 is 6.34. The average molecular weight is 492 g/mol. The van der Waals surface area contributed by atoms with Crippen LogP contribution in [0.5, 0.6) is 0 Å². The highest BCUT2D eigenvalue weighted by Gasteiger charge is 2.25. The number of imidazole rings is 1. The van der Waals surface area contributed by atoms with Gasteiger partial charge in [0.25, 0.3) is 0 Å². The Morgan fingerprint density at radius 3 is 2.69 bits per heavy atom. The summed E-state index contributed by atoms with van der Waals surface area (Å²) in [5, 5.41) is 1.52. The molecule has 6 rings (SSSR count). The lowest BCUT2D eigenvalue weighted by Crippen LogP contribution is -2.29. The quantitative estimate of drug-likeness (QED) is 0.370. The number of nitrogens with one attached hydrogen (secondary N) is 1. The Labute approximate surface area is 208 Å². The van der Waals surface area contributed by atoms with Gasteiger partial charge in [-0.25, -0.2) is 19.3 Å². The molecule has 0 saturated heterocycles. The highest BCUT2D eigenvalue weighted by Crippen LogP contribution is 2.32. The average Bonchev–Trinajstić information content (AvgIpc) is 3.41. The molecule has 4 aromatic heterocycles. The molecule has 1 N–H and O–H groups in total. The molecule has 0 bridgehead atoms. The van der Waals surface area contributed by atoms with Gasteiger partial charge in [-0.15, -0.1) is 0 Å². The molecule has 7 nitrogen and oxygen atoms in total. The molecule has 35 heavy (non-hydrogen) atoms. The number of halogens is 1. The molecule has 0 amide bonds. The van der Waals surface area contributed by atoms with Gasteiger partial charge in [-0.1, -0.05) is 17.7 Å². The summed E-state index contributed by atoms with van der Waals surface area (Å²) in [6, 6.07) is 4.12. The Kier molecular flexibility index (Phi) is 5.98. The van der Waals surface area contributed by atoms with Crippen LogP contribution in [0.4, 0.5) is 0 Å². The van der Waals surface area contributed by atoms with Gasteiger partial charge in [-0.05, 0) is 69.4 Å². The van der Waals surface area contributed by atoms with Crippen LogP contribution in [0.3, 0.4) is 0 Å². The van der Waals surface area contributed by atoms with Gasteiger partial charge in [-0.2, -0.15) is 0 Å². The Balaban J connectivity index is 1.45. The van der Waals surface area contributed by atoms with Crippen molar-refractivity contribution in [2.75, 3.05) is 7.11 Å². The molecule has 0 aromatic carbocycles. The number of allylic oxidation sites excluding steroid dienone is 2. The predicted octanol–water partition coefficient (Wildman–Crippen LogP) is 6.01. The number of methoxy groups -OCH3 is 1. The van der Waals surface area contributed by atoms with E-state index in [1.165, 1.54) is 6.42 Å². The van der Waals surface area contributed by atoms with Crippen molar-refractivity contribution in [2.24, 2.45) is 5.92 Å². The summed E-state index contributed by atoms with van der Waals surface area (Å²) in [5.74, 6) is 0.457. The highest BCUT2D eigenvalue weighted by molar-refractivity contribution is 6.35. The summed E-state index contributed by atoms with van der Waals surface area (Å²) < 4.78 is 9.36. The first-order valence-corrected chi connectivity index (χ1v) is 13.0. The molecule has 1 saturated carbocycles. The van der Waals surface area contributed by atoms with Crippen molar-refractivity contribution in [2.45, 2.75) is 64.0 Å². The number of hydrogen-bond donors (Lipinski definition) is 1. The van der Waals surface area contributed by atoms with Crippen molar-refractivity contribution in [1.82, 2.24) is 24.1 Å². The topological polar surface area (TPSA) is 77.7 Å². The number of nitrogens with zero attached hydrogens (tertiary/aromatic N) is 4. The molecule has 1 fully saturated rings. The Bertz CT molecular complexity index is 1470. The lowest BCUT2D eigenvalue weighted by Gasteiger charge is -2.27. The molecule has 0 atom stereocenters. The summed E-state index contributed by atoms with van der Waals surface area (Å²) in [6.45, 7) is 0.706. The second-order valence-electron chi connectivity index (χ2n) is 9.87. The van der Waals surface area contributed by atoms with E-state index < -0.39 is 0 Å². The van der Waals surface area contributed by atoms with Crippen molar-refractivity contribution in [1.29, 1.82) is 0 Å². The number of ether oxygens (including phenoxy) is 1. The number of aromatic nitrogens is 5. The molecular formula is C27H30ClN5O2. The zero-order valence-electron chi connectivity index (χ0n) is 20.0. The minimum atomic E-state index is 0.0221. The fourth-order valence-corrected chi connectivity index (χ4v) is 5.88. The van der Waals surface area contributed by atoms with E-state index >= 15 is 0 Å². The van der Waals surface area contributed by atoms with E-state index in [1.54, 1.807) is 13.3 Å². The Morgan fingerprint density at radius 2 is 1.91 bits per heavy atom. The third kappa shape index (κ3) is 4.10. The lowest BCUT2D eigenvalue weighted by atomic mass is 9.87. The Morgan fingerprint density at radius 1 is 1.11 bits per heavy atom. The maximum absolute atomic E-state index is 13.8. The van der Waals surface area contributed by atoms with Gasteiger partial charge in [0.1, 0.15) is 5.65 Å². The van der Waals surface area contributed by atoms with E-state index in [0.29, 0.717) is 23.6 Å². The second kappa shape index (κ2) is 9.28.